The van der Waals surface area contributed by atoms with Gasteiger partial charge >= 0.3 is 5.97 Å². The summed E-state index contributed by atoms with van der Waals surface area (Å²) in [6, 6.07) is 9.10. The molecule has 29 heavy (non-hydrogen) atoms. The normalized spacial score (nSPS) is 17.9. The monoisotopic (exact) mass is 433 g/mol. The molecule has 10 heteroatoms. The van der Waals surface area contributed by atoms with Gasteiger partial charge in [0.15, 0.2) is 6.61 Å². The lowest BCUT2D eigenvalue weighted by molar-refractivity contribution is -0.150. The maximum atomic E-state index is 13.0. The van der Waals surface area contributed by atoms with Crippen molar-refractivity contribution in [3.8, 4) is 11.5 Å². The summed E-state index contributed by atoms with van der Waals surface area (Å²) in [5.74, 6) is -0.0258. The summed E-state index contributed by atoms with van der Waals surface area (Å²) >= 11 is 1.51. The van der Waals surface area contributed by atoms with Crippen LogP contribution in [0.1, 0.15) is 25.1 Å². The summed E-state index contributed by atoms with van der Waals surface area (Å²) in [7, 11) is -3.78. The van der Waals surface area contributed by atoms with Crippen molar-refractivity contribution in [3.63, 3.8) is 0 Å². The average molecular weight is 434 g/mol. The van der Waals surface area contributed by atoms with E-state index >= 15 is 0 Å². The second-order valence-corrected chi connectivity index (χ2v) is 9.25. The van der Waals surface area contributed by atoms with Crippen LogP contribution >= 0.6 is 11.3 Å². The Morgan fingerprint density at radius 2 is 2.07 bits per heavy atom. The molecule has 2 aromatic heterocycles. The van der Waals surface area contributed by atoms with Crippen LogP contribution in [0.2, 0.25) is 0 Å². The highest BCUT2D eigenvalue weighted by atomic mass is 32.2. The lowest BCUT2D eigenvalue weighted by Gasteiger charge is -2.32. The van der Waals surface area contributed by atoms with Gasteiger partial charge in [0.25, 0.3) is 5.89 Å². The first-order valence-corrected chi connectivity index (χ1v) is 11.5. The van der Waals surface area contributed by atoms with Gasteiger partial charge in [-0.2, -0.15) is 20.6 Å². The number of sulfonamides is 1. The third-order valence-corrected chi connectivity index (χ3v) is 7.26. The zero-order chi connectivity index (χ0) is 20.3. The van der Waals surface area contributed by atoms with Gasteiger partial charge in [-0.05, 0) is 42.8 Å². The molecule has 3 heterocycles. The van der Waals surface area contributed by atoms with Crippen LogP contribution < -0.4 is 0 Å². The van der Waals surface area contributed by atoms with Gasteiger partial charge in [0.1, 0.15) is 6.04 Å². The van der Waals surface area contributed by atoms with Gasteiger partial charge in [0.05, 0.1) is 10.5 Å². The highest BCUT2D eigenvalue weighted by Crippen LogP contribution is 2.26. The Morgan fingerprint density at radius 3 is 2.83 bits per heavy atom. The molecule has 1 aromatic carbocycles. The third-order valence-electron chi connectivity index (χ3n) is 4.66. The van der Waals surface area contributed by atoms with E-state index in [-0.39, 0.29) is 23.9 Å². The van der Waals surface area contributed by atoms with Gasteiger partial charge in [-0.25, -0.2) is 8.42 Å². The Kier molecular flexibility index (Phi) is 5.74. The van der Waals surface area contributed by atoms with E-state index in [1.54, 1.807) is 18.2 Å². The summed E-state index contributed by atoms with van der Waals surface area (Å²) in [5, 5.41) is 7.58. The van der Waals surface area contributed by atoms with Gasteiger partial charge in [-0.1, -0.05) is 23.4 Å². The lowest BCUT2D eigenvalue weighted by Crippen LogP contribution is -2.48. The third kappa shape index (κ3) is 4.24. The van der Waals surface area contributed by atoms with Crippen molar-refractivity contribution in [2.45, 2.75) is 36.8 Å². The SMILES string of the molecule is O=C(OCc1noc(-c2ccsc2)n1)C1CCCCN1S(=O)(=O)c1ccccc1. The van der Waals surface area contributed by atoms with E-state index in [1.807, 2.05) is 16.8 Å². The van der Waals surface area contributed by atoms with Gasteiger partial charge in [-0.3, -0.25) is 4.79 Å². The number of ether oxygens (including phenoxy) is 1. The Balaban J connectivity index is 1.45. The molecule has 0 N–H and O–H groups in total. The first-order chi connectivity index (χ1) is 14.1. The molecule has 8 nitrogen and oxygen atoms in total. The molecule has 1 unspecified atom stereocenters. The zero-order valence-electron chi connectivity index (χ0n) is 15.4. The van der Waals surface area contributed by atoms with E-state index in [1.165, 1.54) is 27.8 Å². The van der Waals surface area contributed by atoms with Crippen LogP contribution in [0.25, 0.3) is 11.5 Å². The van der Waals surface area contributed by atoms with Crippen LogP contribution in [0, 0.1) is 0 Å². The molecule has 0 aliphatic carbocycles. The molecule has 3 aromatic rings. The maximum Gasteiger partial charge on any atom is 0.324 e. The summed E-state index contributed by atoms with van der Waals surface area (Å²) in [5.41, 5.74) is 0.799. The molecule has 0 spiro atoms. The zero-order valence-corrected chi connectivity index (χ0v) is 17.1. The lowest BCUT2D eigenvalue weighted by atomic mass is 10.1. The number of hydrogen-bond acceptors (Lipinski definition) is 8. The minimum atomic E-state index is -3.78. The highest BCUT2D eigenvalue weighted by molar-refractivity contribution is 7.89. The van der Waals surface area contributed by atoms with Gasteiger partial charge in [0.2, 0.25) is 15.8 Å². The number of nitrogens with zero attached hydrogens (tertiary/aromatic N) is 3. The summed E-state index contributed by atoms with van der Waals surface area (Å²) in [6.45, 7) is 0.101. The highest BCUT2D eigenvalue weighted by Gasteiger charge is 2.38. The van der Waals surface area contributed by atoms with Gasteiger partial charge in [-0.15, -0.1) is 0 Å². The van der Waals surface area contributed by atoms with Crippen LogP contribution in [0.3, 0.4) is 0 Å². The molecular formula is C19H19N3O5S2. The standard InChI is InChI=1S/C19H19N3O5S2/c23-19(26-12-17-20-18(27-21-17)14-9-11-28-13-14)16-8-4-5-10-22(16)29(24,25)15-6-2-1-3-7-15/h1-3,6-7,9,11,13,16H,4-5,8,10,12H2. The predicted molar refractivity (Wildman–Crippen MR) is 105 cm³/mol. The van der Waals surface area contributed by atoms with E-state index in [0.717, 1.165) is 12.0 Å². The first-order valence-electron chi connectivity index (χ1n) is 9.14. The molecule has 1 aliphatic rings. The molecule has 152 valence electrons. The smallest absolute Gasteiger partial charge is 0.324 e. The fraction of sp³-hybridized carbons (Fsp3) is 0.316. The molecule has 0 radical (unpaired) electrons. The molecule has 1 aliphatic heterocycles. The number of carbonyl (C=O) groups is 1. The van der Waals surface area contributed by atoms with Crippen molar-refractivity contribution in [2.75, 3.05) is 6.54 Å². The number of piperidine rings is 1. The average Bonchev–Trinajstić information content (AvgIpc) is 3.44. The van der Waals surface area contributed by atoms with Crippen LogP contribution in [0.15, 0.2) is 56.6 Å². The largest absolute Gasteiger partial charge is 0.456 e. The second-order valence-electron chi connectivity index (χ2n) is 6.58. The Labute approximate surface area is 172 Å². The number of esters is 1. The van der Waals surface area contributed by atoms with Crippen molar-refractivity contribution in [1.82, 2.24) is 14.4 Å². The minimum absolute atomic E-state index is 0.165. The van der Waals surface area contributed by atoms with Crippen molar-refractivity contribution >= 4 is 27.3 Å². The predicted octanol–water partition coefficient (Wildman–Crippen LogP) is 3.08. The summed E-state index contributed by atoms with van der Waals surface area (Å²) in [4.78, 5) is 17.1. The minimum Gasteiger partial charge on any atom is -0.456 e. The van der Waals surface area contributed by atoms with Crippen molar-refractivity contribution in [2.24, 2.45) is 0 Å². The van der Waals surface area contributed by atoms with E-state index in [2.05, 4.69) is 10.1 Å². The van der Waals surface area contributed by atoms with Crippen molar-refractivity contribution in [3.05, 3.63) is 53.0 Å². The summed E-state index contributed by atoms with van der Waals surface area (Å²) < 4.78 is 37.7. The molecule has 0 bridgehead atoms. The summed E-state index contributed by atoms with van der Waals surface area (Å²) in [6.07, 6.45) is 1.87. The van der Waals surface area contributed by atoms with E-state index in [9.17, 15) is 13.2 Å². The molecule has 1 fully saturated rings. The fourth-order valence-electron chi connectivity index (χ4n) is 3.20. The Morgan fingerprint density at radius 1 is 1.24 bits per heavy atom. The number of carbonyl (C=O) groups excluding carboxylic acids is 1. The number of aromatic nitrogens is 2. The molecule has 1 atom stereocenters. The van der Waals surface area contributed by atoms with Crippen LogP contribution in [-0.2, 0) is 26.2 Å². The molecule has 1 saturated heterocycles. The fourth-order valence-corrected chi connectivity index (χ4v) is 5.50. The van der Waals surface area contributed by atoms with Crippen molar-refractivity contribution < 1.29 is 22.5 Å². The maximum absolute atomic E-state index is 13.0. The van der Waals surface area contributed by atoms with E-state index in [4.69, 9.17) is 9.26 Å². The number of benzene rings is 1. The van der Waals surface area contributed by atoms with Crippen molar-refractivity contribution in [1.29, 1.82) is 0 Å². The Hall–Kier alpha value is -2.56. The Bertz CT molecular complexity index is 1060. The molecule has 0 amide bonds. The van der Waals surface area contributed by atoms with Gasteiger partial charge in [0, 0.05) is 11.9 Å². The molecule has 4 rings (SSSR count). The molecule has 0 saturated carbocycles. The first kappa shape index (κ1) is 19.7. The van der Waals surface area contributed by atoms with Crippen LogP contribution in [-0.4, -0.2) is 41.4 Å². The van der Waals surface area contributed by atoms with Crippen LogP contribution in [0.5, 0.6) is 0 Å². The molecular weight excluding hydrogens is 414 g/mol. The second kappa shape index (κ2) is 8.44. The number of rotatable bonds is 6. The van der Waals surface area contributed by atoms with Gasteiger partial charge < -0.3 is 9.26 Å². The van der Waals surface area contributed by atoms with E-state index < -0.39 is 22.0 Å². The quantitative estimate of drug-likeness (QED) is 0.550. The number of thiophene rings is 1. The number of hydrogen-bond donors (Lipinski definition) is 0. The van der Waals surface area contributed by atoms with Crippen LogP contribution in [0.4, 0.5) is 0 Å². The topological polar surface area (TPSA) is 103 Å². The van der Waals surface area contributed by atoms with E-state index in [0.29, 0.717) is 18.7 Å².